The summed E-state index contributed by atoms with van der Waals surface area (Å²) in [7, 11) is 0. The van der Waals surface area contributed by atoms with Crippen LogP contribution < -0.4 is 0 Å². The van der Waals surface area contributed by atoms with E-state index in [2.05, 4.69) is 16.9 Å². The van der Waals surface area contributed by atoms with Crippen LogP contribution in [-0.2, 0) is 11.3 Å². The number of hydrogen-bond donors (Lipinski definition) is 1. The maximum absolute atomic E-state index is 11.1. The number of likely N-dealkylation sites (tertiary alicyclic amines) is 1. The summed E-state index contributed by atoms with van der Waals surface area (Å²) < 4.78 is 1.87. The third kappa shape index (κ3) is 2.34. The fraction of sp³-hybridized carbons (Fsp3) is 0.667. The molecule has 0 aliphatic carbocycles. The molecule has 1 N–H and O–H groups in total. The van der Waals surface area contributed by atoms with Crippen LogP contribution in [0, 0.1) is 0 Å². The van der Waals surface area contributed by atoms with E-state index in [1.54, 1.807) is 0 Å². The first-order chi connectivity index (χ1) is 8.13. The van der Waals surface area contributed by atoms with Crippen LogP contribution in [0.2, 0.25) is 0 Å². The molecule has 0 aromatic carbocycles. The van der Waals surface area contributed by atoms with Crippen LogP contribution in [0.25, 0.3) is 0 Å². The van der Waals surface area contributed by atoms with Gasteiger partial charge in [0.2, 0.25) is 0 Å². The molecule has 2 heterocycles. The molecule has 1 aliphatic rings. The lowest BCUT2D eigenvalue weighted by atomic mass is 10.1. The highest BCUT2D eigenvalue weighted by Crippen LogP contribution is 2.28. The van der Waals surface area contributed by atoms with E-state index in [0.29, 0.717) is 0 Å². The second-order valence-electron chi connectivity index (χ2n) is 4.54. The molecule has 1 aromatic rings. The van der Waals surface area contributed by atoms with Gasteiger partial charge in [0.05, 0.1) is 6.20 Å². The number of carboxylic acid groups (broad SMARTS) is 1. The summed E-state index contributed by atoms with van der Waals surface area (Å²) in [6.45, 7) is 5.79. The van der Waals surface area contributed by atoms with Gasteiger partial charge >= 0.3 is 5.97 Å². The molecule has 5 heteroatoms. The Morgan fingerprint density at radius 2 is 2.47 bits per heavy atom. The Labute approximate surface area is 101 Å². The van der Waals surface area contributed by atoms with E-state index in [9.17, 15) is 4.79 Å². The highest BCUT2D eigenvalue weighted by molar-refractivity contribution is 5.73. The number of hydrogen-bond acceptors (Lipinski definition) is 3. The normalized spacial score (nSPS) is 22.8. The van der Waals surface area contributed by atoms with Crippen molar-refractivity contribution >= 4 is 5.97 Å². The lowest BCUT2D eigenvalue weighted by Crippen LogP contribution is -2.37. The van der Waals surface area contributed by atoms with Crippen molar-refractivity contribution in [1.82, 2.24) is 14.7 Å². The molecular formula is C12H19N3O2. The van der Waals surface area contributed by atoms with Gasteiger partial charge in [-0.05, 0) is 33.2 Å². The lowest BCUT2D eigenvalue weighted by Gasteiger charge is -2.27. The molecule has 1 saturated heterocycles. The van der Waals surface area contributed by atoms with Gasteiger partial charge in [-0.15, -0.1) is 0 Å². The molecule has 2 atom stereocenters. The van der Waals surface area contributed by atoms with Crippen LogP contribution in [0.15, 0.2) is 12.4 Å². The molecule has 5 nitrogen and oxygen atoms in total. The van der Waals surface area contributed by atoms with Crippen molar-refractivity contribution in [2.45, 2.75) is 45.3 Å². The van der Waals surface area contributed by atoms with Gasteiger partial charge in [0, 0.05) is 24.3 Å². The zero-order valence-corrected chi connectivity index (χ0v) is 10.3. The van der Waals surface area contributed by atoms with Crippen molar-refractivity contribution in [3.05, 3.63) is 18.0 Å². The number of aryl methyl sites for hydroxylation is 1. The molecule has 1 aromatic heterocycles. The van der Waals surface area contributed by atoms with Crippen molar-refractivity contribution in [2.75, 3.05) is 6.54 Å². The first-order valence-electron chi connectivity index (χ1n) is 6.14. The van der Waals surface area contributed by atoms with Gasteiger partial charge in [-0.25, -0.2) is 0 Å². The molecule has 0 bridgehead atoms. The maximum atomic E-state index is 11.1. The molecule has 0 saturated carbocycles. The molecule has 0 amide bonds. The quantitative estimate of drug-likeness (QED) is 0.862. The Morgan fingerprint density at radius 1 is 1.71 bits per heavy atom. The van der Waals surface area contributed by atoms with Crippen LogP contribution in [0.3, 0.4) is 0 Å². The van der Waals surface area contributed by atoms with Gasteiger partial charge < -0.3 is 5.11 Å². The fourth-order valence-corrected chi connectivity index (χ4v) is 2.48. The van der Waals surface area contributed by atoms with E-state index in [1.165, 1.54) is 0 Å². The van der Waals surface area contributed by atoms with E-state index in [1.807, 2.05) is 24.0 Å². The Morgan fingerprint density at radius 3 is 3.06 bits per heavy atom. The van der Waals surface area contributed by atoms with Crippen LogP contribution >= 0.6 is 0 Å². The van der Waals surface area contributed by atoms with Gasteiger partial charge in [-0.3, -0.25) is 14.4 Å². The van der Waals surface area contributed by atoms with E-state index in [4.69, 9.17) is 5.11 Å². The van der Waals surface area contributed by atoms with Crippen molar-refractivity contribution in [3.63, 3.8) is 0 Å². The number of nitrogens with zero attached hydrogens (tertiary/aromatic N) is 3. The van der Waals surface area contributed by atoms with Gasteiger partial charge in [0.25, 0.3) is 0 Å². The highest BCUT2D eigenvalue weighted by atomic mass is 16.4. The molecule has 1 fully saturated rings. The number of rotatable bonds is 4. The van der Waals surface area contributed by atoms with E-state index >= 15 is 0 Å². The zero-order chi connectivity index (χ0) is 12.4. The second-order valence-corrected chi connectivity index (χ2v) is 4.54. The molecular weight excluding hydrogens is 218 g/mol. The summed E-state index contributed by atoms with van der Waals surface area (Å²) in [4.78, 5) is 13.2. The largest absolute Gasteiger partial charge is 0.480 e. The molecule has 1 aliphatic heterocycles. The molecule has 0 spiro atoms. The van der Waals surface area contributed by atoms with Gasteiger partial charge in [-0.2, -0.15) is 5.10 Å². The highest BCUT2D eigenvalue weighted by Gasteiger charge is 2.34. The van der Waals surface area contributed by atoms with E-state index in [-0.39, 0.29) is 12.1 Å². The lowest BCUT2D eigenvalue weighted by molar-refractivity contribution is -0.142. The third-order valence-corrected chi connectivity index (χ3v) is 3.54. The summed E-state index contributed by atoms with van der Waals surface area (Å²) >= 11 is 0. The number of aromatic nitrogens is 2. The predicted molar refractivity (Wildman–Crippen MR) is 63.7 cm³/mol. The summed E-state index contributed by atoms with van der Waals surface area (Å²) in [5.74, 6) is -0.711. The van der Waals surface area contributed by atoms with Crippen LogP contribution in [0.4, 0.5) is 0 Å². The fourth-order valence-electron chi connectivity index (χ4n) is 2.48. The van der Waals surface area contributed by atoms with Crippen LogP contribution in [0.1, 0.15) is 38.3 Å². The average molecular weight is 237 g/mol. The van der Waals surface area contributed by atoms with Gasteiger partial charge in [0.15, 0.2) is 0 Å². The van der Waals surface area contributed by atoms with Crippen LogP contribution in [0.5, 0.6) is 0 Å². The Bertz CT molecular complexity index is 402. The topological polar surface area (TPSA) is 58.4 Å². The van der Waals surface area contributed by atoms with E-state index in [0.717, 1.165) is 31.5 Å². The first-order valence-corrected chi connectivity index (χ1v) is 6.14. The van der Waals surface area contributed by atoms with Gasteiger partial charge in [0.1, 0.15) is 6.04 Å². The Hall–Kier alpha value is -1.36. The minimum Gasteiger partial charge on any atom is -0.480 e. The SMILES string of the molecule is CCn1cc(C(C)N2CCCC2C(=O)O)cn1. The third-order valence-electron chi connectivity index (χ3n) is 3.54. The predicted octanol–water partition coefficient (Wildman–Crippen LogP) is 1.51. The number of carbonyl (C=O) groups is 1. The smallest absolute Gasteiger partial charge is 0.320 e. The zero-order valence-electron chi connectivity index (χ0n) is 10.3. The first kappa shape index (κ1) is 12.1. The summed E-state index contributed by atoms with van der Waals surface area (Å²) in [5, 5.41) is 13.4. The average Bonchev–Trinajstić information content (AvgIpc) is 2.97. The molecule has 94 valence electrons. The molecule has 2 unspecified atom stereocenters. The minimum atomic E-state index is -0.711. The Kier molecular flexibility index (Phi) is 3.47. The van der Waals surface area contributed by atoms with E-state index < -0.39 is 5.97 Å². The summed E-state index contributed by atoms with van der Waals surface area (Å²) in [6, 6.07) is -0.214. The Balaban J connectivity index is 2.13. The molecule has 2 rings (SSSR count). The van der Waals surface area contributed by atoms with Crippen molar-refractivity contribution < 1.29 is 9.90 Å². The van der Waals surface area contributed by atoms with Gasteiger partial charge in [-0.1, -0.05) is 0 Å². The summed E-state index contributed by atoms with van der Waals surface area (Å²) in [5.41, 5.74) is 1.10. The second kappa shape index (κ2) is 4.87. The van der Waals surface area contributed by atoms with Crippen molar-refractivity contribution in [1.29, 1.82) is 0 Å². The molecule has 0 radical (unpaired) electrons. The maximum Gasteiger partial charge on any atom is 0.320 e. The van der Waals surface area contributed by atoms with Crippen molar-refractivity contribution in [3.8, 4) is 0 Å². The molecule has 17 heavy (non-hydrogen) atoms. The van der Waals surface area contributed by atoms with Crippen molar-refractivity contribution in [2.24, 2.45) is 0 Å². The summed E-state index contributed by atoms with van der Waals surface area (Å²) in [6.07, 6.45) is 5.55. The van der Waals surface area contributed by atoms with Crippen LogP contribution in [-0.4, -0.2) is 38.3 Å². The monoisotopic (exact) mass is 237 g/mol. The minimum absolute atomic E-state index is 0.124. The standard InChI is InChI=1S/C12H19N3O2/c1-3-14-8-10(7-13-14)9(2)15-6-4-5-11(15)12(16)17/h7-9,11H,3-6H2,1-2H3,(H,16,17). The number of aliphatic carboxylic acids is 1. The number of carboxylic acids is 1.